The first-order valence-electron chi connectivity index (χ1n) is 15.7. The zero-order valence-electron chi connectivity index (χ0n) is 29.0. The molecular formula is C41H62O. The normalized spacial score (nSPS) is 15.8. The molecule has 0 radical (unpaired) electrons. The molecule has 0 aliphatic rings. The van der Waals surface area contributed by atoms with Crippen molar-refractivity contribution in [1.29, 1.82) is 0 Å². The van der Waals surface area contributed by atoms with Crippen molar-refractivity contribution in [2.24, 2.45) is 5.92 Å². The molecule has 0 aromatic rings. The van der Waals surface area contributed by atoms with Crippen LogP contribution in [0.1, 0.15) is 108 Å². The highest BCUT2D eigenvalue weighted by Gasteiger charge is 2.12. The summed E-state index contributed by atoms with van der Waals surface area (Å²) >= 11 is 0. The van der Waals surface area contributed by atoms with Gasteiger partial charge in [0.1, 0.15) is 0 Å². The second kappa shape index (κ2) is 23.6. The van der Waals surface area contributed by atoms with Crippen molar-refractivity contribution in [3.05, 3.63) is 131 Å². The van der Waals surface area contributed by atoms with Crippen molar-refractivity contribution in [2.45, 2.75) is 113 Å². The SMILES string of the molecule is COC(C)(C)C/C=C/C(C)=C/C=C/C(C)=C/C=C/C(C)=C\C=C\CC(C)/C=C/C=C(\C)CC/C=C(\C)CCC=C(C)C. The maximum Gasteiger partial charge on any atom is 0.0657 e. The number of hydrogen-bond donors (Lipinski definition) is 0. The number of ether oxygens (including phenoxy) is 1. The topological polar surface area (TPSA) is 9.23 Å². The van der Waals surface area contributed by atoms with E-state index in [4.69, 9.17) is 4.74 Å². The highest BCUT2D eigenvalue weighted by Crippen LogP contribution is 2.14. The Kier molecular flexibility index (Phi) is 22.0. The minimum absolute atomic E-state index is 0.115. The number of methoxy groups -OCH3 is 1. The highest BCUT2D eigenvalue weighted by molar-refractivity contribution is 5.31. The first-order chi connectivity index (χ1) is 19.8. The highest BCUT2D eigenvalue weighted by atomic mass is 16.5. The van der Waals surface area contributed by atoms with Crippen LogP contribution in [-0.2, 0) is 4.74 Å². The van der Waals surface area contributed by atoms with Gasteiger partial charge < -0.3 is 4.74 Å². The van der Waals surface area contributed by atoms with Crippen LogP contribution in [0.15, 0.2) is 131 Å². The fourth-order valence-corrected chi connectivity index (χ4v) is 3.80. The van der Waals surface area contributed by atoms with E-state index in [1.54, 1.807) is 7.11 Å². The monoisotopic (exact) mass is 570 g/mol. The average molecular weight is 571 g/mol. The van der Waals surface area contributed by atoms with E-state index >= 15 is 0 Å². The van der Waals surface area contributed by atoms with Gasteiger partial charge in [-0.25, -0.2) is 0 Å². The summed E-state index contributed by atoms with van der Waals surface area (Å²) in [6.07, 6.45) is 41.8. The van der Waals surface area contributed by atoms with Gasteiger partial charge in [-0.2, -0.15) is 0 Å². The minimum atomic E-state index is -0.115. The van der Waals surface area contributed by atoms with Crippen LogP contribution in [0.4, 0.5) is 0 Å². The number of rotatable bonds is 19. The Morgan fingerprint density at radius 2 is 1.19 bits per heavy atom. The molecule has 1 unspecified atom stereocenters. The van der Waals surface area contributed by atoms with Crippen molar-refractivity contribution in [2.75, 3.05) is 7.11 Å². The molecule has 42 heavy (non-hydrogen) atoms. The molecule has 1 nitrogen and oxygen atoms in total. The predicted molar refractivity (Wildman–Crippen MR) is 192 cm³/mol. The summed E-state index contributed by atoms with van der Waals surface area (Å²) in [5.41, 5.74) is 7.91. The van der Waals surface area contributed by atoms with Gasteiger partial charge in [-0.05, 0) is 107 Å². The lowest BCUT2D eigenvalue weighted by Gasteiger charge is -2.20. The largest absolute Gasteiger partial charge is 0.378 e. The quantitative estimate of drug-likeness (QED) is 0.111. The minimum Gasteiger partial charge on any atom is -0.378 e. The van der Waals surface area contributed by atoms with Crippen LogP contribution >= 0.6 is 0 Å². The van der Waals surface area contributed by atoms with Crippen LogP contribution < -0.4 is 0 Å². The van der Waals surface area contributed by atoms with E-state index in [1.807, 2.05) is 0 Å². The van der Waals surface area contributed by atoms with Crippen LogP contribution in [0.5, 0.6) is 0 Å². The van der Waals surface area contributed by atoms with Crippen LogP contribution in [0, 0.1) is 5.92 Å². The van der Waals surface area contributed by atoms with E-state index in [0.717, 1.165) is 32.1 Å². The summed E-state index contributed by atoms with van der Waals surface area (Å²) in [4.78, 5) is 0. The second-order valence-corrected chi connectivity index (χ2v) is 12.5. The van der Waals surface area contributed by atoms with Crippen LogP contribution in [0.25, 0.3) is 0 Å². The molecule has 1 heteroatoms. The number of allylic oxidation sites excluding steroid dienone is 21. The molecular weight excluding hydrogens is 508 g/mol. The number of hydrogen-bond acceptors (Lipinski definition) is 1. The van der Waals surface area contributed by atoms with Crippen LogP contribution in [0.2, 0.25) is 0 Å². The van der Waals surface area contributed by atoms with Crippen molar-refractivity contribution < 1.29 is 4.74 Å². The molecule has 0 rings (SSSR count). The second-order valence-electron chi connectivity index (χ2n) is 12.5. The molecule has 232 valence electrons. The summed E-state index contributed by atoms with van der Waals surface area (Å²) in [7, 11) is 1.76. The van der Waals surface area contributed by atoms with Crippen LogP contribution in [-0.4, -0.2) is 12.7 Å². The van der Waals surface area contributed by atoms with Gasteiger partial charge in [0.25, 0.3) is 0 Å². The smallest absolute Gasteiger partial charge is 0.0657 e. The van der Waals surface area contributed by atoms with E-state index in [0.29, 0.717) is 5.92 Å². The molecule has 0 aliphatic heterocycles. The summed E-state index contributed by atoms with van der Waals surface area (Å²) in [5.74, 6) is 0.523. The molecule has 0 saturated carbocycles. The maximum absolute atomic E-state index is 5.45. The van der Waals surface area contributed by atoms with Gasteiger partial charge in [-0.1, -0.05) is 138 Å². The van der Waals surface area contributed by atoms with Gasteiger partial charge in [-0.3, -0.25) is 0 Å². The predicted octanol–water partition coefficient (Wildman–Crippen LogP) is 12.9. The Labute approximate surface area is 261 Å². The zero-order valence-corrected chi connectivity index (χ0v) is 29.0. The van der Waals surface area contributed by atoms with E-state index in [2.05, 4.69) is 166 Å². The van der Waals surface area contributed by atoms with E-state index < -0.39 is 0 Å². The third-order valence-corrected chi connectivity index (χ3v) is 6.93. The van der Waals surface area contributed by atoms with Crippen molar-refractivity contribution in [1.82, 2.24) is 0 Å². The molecule has 0 spiro atoms. The van der Waals surface area contributed by atoms with Crippen LogP contribution in [0.3, 0.4) is 0 Å². The summed E-state index contributed by atoms with van der Waals surface area (Å²) < 4.78 is 5.45. The van der Waals surface area contributed by atoms with Gasteiger partial charge in [0, 0.05) is 7.11 Å². The summed E-state index contributed by atoms with van der Waals surface area (Å²) in [5, 5.41) is 0. The van der Waals surface area contributed by atoms with Gasteiger partial charge in [0.15, 0.2) is 0 Å². The summed E-state index contributed by atoms with van der Waals surface area (Å²) in [6.45, 7) is 21.7. The lowest BCUT2D eigenvalue weighted by atomic mass is 10.0. The third-order valence-electron chi connectivity index (χ3n) is 6.93. The van der Waals surface area contributed by atoms with E-state index in [9.17, 15) is 0 Å². The molecule has 0 heterocycles. The lowest BCUT2D eigenvalue weighted by Crippen LogP contribution is -2.20. The van der Waals surface area contributed by atoms with Gasteiger partial charge >= 0.3 is 0 Å². The zero-order chi connectivity index (χ0) is 31.8. The molecule has 0 aromatic heterocycles. The maximum atomic E-state index is 5.45. The Bertz CT molecular complexity index is 1100. The van der Waals surface area contributed by atoms with E-state index in [-0.39, 0.29) is 5.60 Å². The summed E-state index contributed by atoms with van der Waals surface area (Å²) in [6, 6.07) is 0. The first kappa shape index (κ1) is 39.1. The standard InChI is InChI=1S/C41H62O/c1-34(2)20-14-23-37(5)26-17-29-38(6)27-15-24-35(3)21-12-13-22-36(4)25-16-28-39(7)30-18-31-40(8)32-19-33-41(9,10)42-11/h12-13,15-16,18-20,22,24-28,30-32,35H,14,17,21,23,29,33H2,1-11H3/b13-12+,24-15+,25-16+,30-18+,32-19+,36-22-,37-26+,38-27+,39-28+,40-31+. The Morgan fingerprint density at radius 1 is 0.643 bits per heavy atom. The Balaban J connectivity index is 4.53. The first-order valence-corrected chi connectivity index (χ1v) is 15.7. The van der Waals surface area contributed by atoms with Gasteiger partial charge in [0.05, 0.1) is 5.60 Å². The fourth-order valence-electron chi connectivity index (χ4n) is 3.80. The Morgan fingerprint density at radius 3 is 1.79 bits per heavy atom. The average Bonchev–Trinajstić information content (AvgIpc) is 2.91. The molecule has 1 atom stereocenters. The molecule has 0 aliphatic carbocycles. The lowest BCUT2D eigenvalue weighted by molar-refractivity contribution is 0.0255. The Hall–Kier alpha value is -2.90. The molecule has 0 fully saturated rings. The molecule has 0 aromatic carbocycles. The third kappa shape index (κ3) is 24.9. The molecule has 0 saturated heterocycles. The molecule has 0 N–H and O–H groups in total. The van der Waals surface area contributed by atoms with Crippen molar-refractivity contribution in [3.8, 4) is 0 Å². The molecule has 0 amide bonds. The van der Waals surface area contributed by atoms with Crippen molar-refractivity contribution >= 4 is 0 Å². The van der Waals surface area contributed by atoms with Gasteiger partial charge in [-0.15, -0.1) is 0 Å². The van der Waals surface area contributed by atoms with Gasteiger partial charge in [0.2, 0.25) is 0 Å². The van der Waals surface area contributed by atoms with Crippen molar-refractivity contribution in [3.63, 3.8) is 0 Å². The molecule has 0 bridgehead atoms. The fraction of sp³-hybridized carbons (Fsp3) is 0.463. The van der Waals surface area contributed by atoms with E-state index in [1.165, 1.54) is 39.9 Å².